The number of aliphatic carboxylic acids is 1. The minimum absolute atomic E-state index is 0.0475. The fourth-order valence-corrected chi connectivity index (χ4v) is 5.89. The van der Waals surface area contributed by atoms with Gasteiger partial charge < -0.3 is 5.11 Å². The monoisotopic (exact) mass is 264 g/mol. The summed E-state index contributed by atoms with van der Waals surface area (Å²) in [6, 6.07) is 0. The van der Waals surface area contributed by atoms with Crippen molar-refractivity contribution in [2.24, 2.45) is 28.1 Å². The molecule has 0 saturated heterocycles. The third kappa shape index (κ3) is 1.77. The van der Waals surface area contributed by atoms with E-state index in [-0.39, 0.29) is 22.5 Å². The maximum Gasteiger partial charge on any atom is 0.309 e. The van der Waals surface area contributed by atoms with Gasteiger partial charge in [-0.1, -0.05) is 13.8 Å². The van der Waals surface area contributed by atoms with Gasteiger partial charge in [-0.3, -0.25) is 9.59 Å². The van der Waals surface area contributed by atoms with E-state index in [0.717, 1.165) is 32.1 Å². The van der Waals surface area contributed by atoms with Crippen LogP contribution in [-0.4, -0.2) is 16.9 Å². The van der Waals surface area contributed by atoms with Gasteiger partial charge in [0.1, 0.15) is 5.78 Å². The molecule has 19 heavy (non-hydrogen) atoms. The molecular formula is C16H24O3. The summed E-state index contributed by atoms with van der Waals surface area (Å²) in [4.78, 5) is 23.8. The molecular weight excluding hydrogens is 240 g/mol. The van der Waals surface area contributed by atoms with Gasteiger partial charge in [0.15, 0.2) is 0 Å². The van der Waals surface area contributed by atoms with Gasteiger partial charge in [0, 0.05) is 5.92 Å². The molecule has 0 amide bonds. The zero-order valence-electron chi connectivity index (χ0n) is 12.2. The molecule has 3 bridgehead atoms. The molecule has 3 rings (SSSR count). The van der Waals surface area contributed by atoms with Crippen molar-refractivity contribution in [3.63, 3.8) is 0 Å². The molecule has 3 fully saturated rings. The van der Waals surface area contributed by atoms with Crippen molar-refractivity contribution in [3.05, 3.63) is 0 Å². The van der Waals surface area contributed by atoms with Crippen molar-refractivity contribution < 1.29 is 14.7 Å². The number of Topliss-reactive ketones (excluding diaryl/α,β-unsaturated/α-hetero) is 1. The van der Waals surface area contributed by atoms with Crippen LogP contribution in [0.25, 0.3) is 0 Å². The van der Waals surface area contributed by atoms with Crippen LogP contribution in [0.3, 0.4) is 0 Å². The molecule has 0 spiro atoms. The largest absolute Gasteiger partial charge is 0.481 e. The smallest absolute Gasteiger partial charge is 0.309 e. The quantitative estimate of drug-likeness (QED) is 0.832. The van der Waals surface area contributed by atoms with Gasteiger partial charge >= 0.3 is 5.97 Å². The lowest BCUT2D eigenvalue weighted by Gasteiger charge is -2.42. The SMILES string of the molecule is CC(=O)C1CC2(C(=O)O)CC3CC(C)(C2)CC3(C)C1. The number of ketones is 1. The second-order valence-corrected chi connectivity index (χ2v) is 8.22. The predicted molar refractivity (Wildman–Crippen MR) is 71.6 cm³/mol. The van der Waals surface area contributed by atoms with Crippen molar-refractivity contribution >= 4 is 11.8 Å². The molecule has 0 aromatic rings. The number of hydrogen-bond acceptors (Lipinski definition) is 2. The maximum atomic E-state index is 11.9. The highest BCUT2D eigenvalue weighted by atomic mass is 16.4. The number of rotatable bonds is 2. The van der Waals surface area contributed by atoms with Crippen LogP contribution in [-0.2, 0) is 9.59 Å². The summed E-state index contributed by atoms with van der Waals surface area (Å²) in [6.07, 6.45) is 5.28. The predicted octanol–water partition coefficient (Wildman–Crippen LogP) is 3.27. The van der Waals surface area contributed by atoms with Crippen LogP contribution in [0, 0.1) is 28.1 Å². The molecule has 3 nitrogen and oxygen atoms in total. The minimum Gasteiger partial charge on any atom is -0.481 e. The highest BCUT2D eigenvalue weighted by Crippen LogP contribution is 2.69. The normalized spacial score (nSPS) is 51.9. The first kappa shape index (κ1) is 13.1. The molecule has 3 aliphatic rings. The Labute approximate surface area is 114 Å². The highest BCUT2D eigenvalue weighted by molar-refractivity contribution is 5.81. The fourth-order valence-electron chi connectivity index (χ4n) is 5.89. The summed E-state index contributed by atoms with van der Waals surface area (Å²) >= 11 is 0. The van der Waals surface area contributed by atoms with Crippen molar-refractivity contribution in [2.75, 3.05) is 0 Å². The maximum absolute atomic E-state index is 11.9. The van der Waals surface area contributed by atoms with E-state index in [1.807, 2.05) is 0 Å². The molecule has 3 heteroatoms. The highest BCUT2D eigenvalue weighted by Gasteiger charge is 2.63. The number of carboxylic acids is 1. The van der Waals surface area contributed by atoms with Gasteiger partial charge in [0.25, 0.3) is 0 Å². The number of carboxylic acid groups (broad SMARTS) is 1. The van der Waals surface area contributed by atoms with E-state index in [2.05, 4.69) is 13.8 Å². The van der Waals surface area contributed by atoms with Crippen LogP contribution < -0.4 is 0 Å². The summed E-state index contributed by atoms with van der Waals surface area (Å²) in [5.41, 5.74) is -0.279. The van der Waals surface area contributed by atoms with E-state index in [9.17, 15) is 14.7 Å². The third-order valence-electron chi connectivity index (χ3n) is 6.34. The lowest BCUT2D eigenvalue weighted by atomic mass is 9.60. The van der Waals surface area contributed by atoms with Crippen LogP contribution in [0.4, 0.5) is 0 Å². The first-order valence-electron chi connectivity index (χ1n) is 7.42. The van der Waals surface area contributed by atoms with Crippen LogP contribution in [0.5, 0.6) is 0 Å². The second-order valence-electron chi connectivity index (χ2n) is 8.22. The molecule has 0 heterocycles. The standard InChI is InChI=1S/C16H24O3/c1-10(17)11-4-15(3)8-14(2)6-12(15)7-16(5-11,9-14)13(18)19/h11-12H,4-9H2,1-3H3,(H,18,19). The molecule has 0 aromatic heterocycles. The topological polar surface area (TPSA) is 54.4 Å². The molecule has 1 N–H and O–H groups in total. The van der Waals surface area contributed by atoms with Gasteiger partial charge in [-0.05, 0) is 62.2 Å². The van der Waals surface area contributed by atoms with Gasteiger partial charge in [-0.15, -0.1) is 0 Å². The minimum atomic E-state index is -0.666. The van der Waals surface area contributed by atoms with Gasteiger partial charge in [0.05, 0.1) is 5.41 Å². The molecule has 5 atom stereocenters. The second kappa shape index (κ2) is 3.62. The Kier molecular flexibility index (Phi) is 2.50. The Hall–Kier alpha value is -0.860. The molecule has 3 saturated carbocycles. The lowest BCUT2D eigenvalue weighted by Crippen LogP contribution is -2.42. The van der Waals surface area contributed by atoms with E-state index in [4.69, 9.17) is 0 Å². The molecule has 0 radical (unpaired) electrons. The summed E-state index contributed by atoms with van der Waals surface area (Å²) in [5, 5.41) is 9.79. The van der Waals surface area contributed by atoms with E-state index in [0.29, 0.717) is 12.3 Å². The molecule has 5 unspecified atom stereocenters. The van der Waals surface area contributed by atoms with Gasteiger partial charge in [-0.2, -0.15) is 0 Å². The van der Waals surface area contributed by atoms with Crippen molar-refractivity contribution in [1.29, 1.82) is 0 Å². The Morgan fingerprint density at radius 1 is 1.05 bits per heavy atom. The lowest BCUT2D eigenvalue weighted by molar-refractivity contribution is -0.155. The zero-order valence-corrected chi connectivity index (χ0v) is 12.2. The number of hydrogen-bond donors (Lipinski definition) is 1. The third-order valence-corrected chi connectivity index (χ3v) is 6.34. The zero-order chi connectivity index (χ0) is 14.1. The number of carbonyl (C=O) groups is 2. The van der Waals surface area contributed by atoms with E-state index >= 15 is 0 Å². The van der Waals surface area contributed by atoms with E-state index < -0.39 is 11.4 Å². The first-order valence-corrected chi connectivity index (χ1v) is 7.42. The van der Waals surface area contributed by atoms with Crippen molar-refractivity contribution in [2.45, 2.75) is 59.3 Å². The summed E-state index contributed by atoms with van der Waals surface area (Å²) in [6.45, 7) is 6.19. The summed E-state index contributed by atoms with van der Waals surface area (Å²) in [7, 11) is 0. The van der Waals surface area contributed by atoms with Gasteiger partial charge in [-0.25, -0.2) is 0 Å². The van der Waals surface area contributed by atoms with Gasteiger partial charge in [0.2, 0.25) is 0 Å². The Morgan fingerprint density at radius 2 is 1.74 bits per heavy atom. The Bertz CT molecular complexity index is 457. The Morgan fingerprint density at radius 3 is 2.32 bits per heavy atom. The van der Waals surface area contributed by atoms with E-state index in [1.165, 1.54) is 0 Å². The van der Waals surface area contributed by atoms with Crippen LogP contribution in [0.15, 0.2) is 0 Å². The van der Waals surface area contributed by atoms with Crippen molar-refractivity contribution in [1.82, 2.24) is 0 Å². The van der Waals surface area contributed by atoms with Crippen LogP contribution in [0.1, 0.15) is 59.3 Å². The fraction of sp³-hybridized carbons (Fsp3) is 0.875. The average Bonchev–Trinajstić information content (AvgIpc) is 2.36. The molecule has 106 valence electrons. The van der Waals surface area contributed by atoms with E-state index in [1.54, 1.807) is 6.92 Å². The average molecular weight is 264 g/mol. The van der Waals surface area contributed by atoms with Crippen LogP contribution in [0.2, 0.25) is 0 Å². The summed E-state index contributed by atoms with van der Waals surface area (Å²) < 4.78 is 0. The number of fused-ring (bicyclic) bond motifs is 2. The molecule has 3 aliphatic carbocycles. The first-order chi connectivity index (χ1) is 8.68. The molecule has 0 aromatic carbocycles. The number of carbonyl (C=O) groups excluding carboxylic acids is 1. The van der Waals surface area contributed by atoms with Crippen molar-refractivity contribution in [3.8, 4) is 0 Å². The summed E-state index contributed by atoms with van der Waals surface area (Å²) in [5.74, 6) is -0.0377. The molecule has 0 aliphatic heterocycles. The van der Waals surface area contributed by atoms with Crippen LogP contribution >= 0.6 is 0 Å². The Balaban J connectivity index is 2.08.